The largest absolute Gasteiger partial charge is 0.399 e. The van der Waals surface area contributed by atoms with Crippen molar-refractivity contribution >= 4 is 29.0 Å². The first kappa shape index (κ1) is 11.9. The second-order valence-corrected chi connectivity index (χ2v) is 4.53. The lowest BCUT2D eigenvalue weighted by Crippen LogP contribution is -2.15. The highest BCUT2D eigenvalue weighted by Gasteiger charge is 2.04. The number of carbonyl (C=O) groups excluding carboxylic acids is 1. The molecular formula is C11H16N2OS. The van der Waals surface area contributed by atoms with Crippen LogP contribution in [0.4, 0.5) is 11.4 Å². The molecule has 0 saturated heterocycles. The minimum absolute atomic E-state index is 0.0368. The van der Waals surface area contributed by atoms with E-state index in [2.05, 4.69) is 5.32 Å². The Hall–Kier alpha value is -1.16. The van der Waals surface area contributed by atoms with E-state index in [9.17, 15) is 4.79 Å². The molecular weight excluding hydrogens is 208 g/mol. The molecule has 0 aliphatic rings. The van der Waals surface area contributed by atoms with E-state index < -0.39 is 0 Å². The van der Waals surface area contributed by atoms with Gasteiger partial charge in [0.05, 0.1) is 5.75 Å². The van der Waals surface area contributed by atoms with E-state index in [1.54, 1.807) is 17.8 Å². The molecule has 0 atom stereocenters. The van der Waals surface area contributed by atoms with E-state index in [-0.39, 0.29) is 5.91 Å². The Morgan fingerprint density at radius 3 is 2.87 bits per heavy atom. The van der Waals surface area contributed by atoms with E-state index in [4.69, 9.17) is 5.73 Å². The SMILES string of the molecule is CCSCC(=O)Nc1ccc(N)cc1C. The molecule has 0 aliphatic heterocycles. The first-order chi connectivity index (χ1) is 7.13. The number of benzene rings is 1. The van der Waals surface area contributed by atoms with Crippen molar-refractivity contribution in [2.75, 3.05) is 22.6 Å². The molecule has 1 aromatic rings. The van der Waals surface area contributed by atoms with Gasteiger partial charge >= 0.3 is 0 Å². The van der Waals surface area contributed by atoms with Crippen LogP contribution in [0.2, 0.25) is 0 Å². The fraction of sp³-hybridized carbons (Fsp3) is 0.364. The van der Waals surface area contributed by atoms with E-state index in [1.165, 1.54) is 0 Å². The van der Waals surface area contributed by atoms with Crippen molar-refractivity contribution in [2.45, 2.75) is 13.8 Å². The average molecular weight is 224 g/mol. The van der Waals surface area contributed by atoms with Crippen molar-refractivity contribution in [3.63, 3.8) is 0 Å². The highest BCUT2D eigenvalue weighted by Crippen LogP contribution is 2.17. The van der Waals surface area contributed by atoms with Crippen LogP contribution >= 0.6 is 11.8 Å². The molecule has 1 amide bonds. The Bertz CT molecular complexity index is 352. The summed E-state index contributed by atoms with van der Waals surface area (Å²) >= 11 is 1.61. The van der Waals surface area contributed by atoms with Gasteiger partial charge in [-0.1, -0.05) is 6.92 Å². The predicted molar refractivity (Wildman–Crippen MR) is 67.2 cm³/mol. The van der Waals surface area contributed by atoms with E-state index in [1.807, 2.05) is 26.0 Å². The number of anilines is 2. The summed E-state index contributed by atoms with van der Waals surface area (Å²) in [5, 5.41) is 2.86. The van der Waals surface area contributed by atoms with Gasteiger partial charge in [0.1, 0.15) is 0 Å². The molecule has 0 bridgehead atoms. The van der Waals surface area contributed by atoms with E-state index in [0.29, 0.717) is 11.4 Å². The van der Waals surface area contributed by atoms with Crippen molar-refractivity contribution in [1.29, 1.82) is 0 Å². The molecule has 0 aliphatic carbocycles. The van der Waals surface area contributed by atoms with Crippen molar-refractivity contribution in [3.8, 4) is 0 Å². The highest BCUT2D eigenvalue weighted by atomic mass is 32.2. The quantitative estimate of drug-likeness (QED) is 0.771. The molecule has 0 saturated carbocycles. The standard InChI is InChI=1S/C11H16N2OS/c1-3-15-7-11(14)13-10-5-4-9(12)6-8(10)2/h4-6H,3,7,12H2,1-2H3,(H,13,14). The Balaban J connectivity index is 2.60. The third kappa shape index (κ3) is 3.83. The minimum atomic E-state index is 0.0368. The van der Waals surface area contributed by atoms with Crippen LogP contribution in [0.15, 0.2) is 18.2 Å². The van der Waals surface area contributed by atoms with Crippen molar-refractivity contribution < 1.29 is 4.79 Å². The molecule has 0 spiro atoms. The predicted octanol–water partition coefficient (Wildman–Crippen LogP) is 2.27. The summed E-state index contributed by atoms with van der Waals surface area (Å²) in [4.78, 5) is 11.4. The van der Waals surface area contributed by atoms with Crippen LogP contribution in [-0.4, -0.2) is 17.4 Å². The zero-order chi connectivity index (χ0) is 11.3. The molecule has 3 nitrogen and oxygen atoms in total. The fourth-order valence-corrected chi connectivity index (χ4v) is 1.67. The Kier molecular flexibility index (Phi) is 4.49. The monoisotopic (exact) mass is 224 g/mol. The Labute approximate surface area is 94.4 Å². The smallest absolute Gasteiger partial charge is 0.234 e. The molecule has 0 fully saturated rings. The van der Waals surface area contributed by atoms with Gasteiger partial charge in [-0.2, -0.15) is 11.8 Å². The molecule has 0 heterocycles. The van der Waals surface area contributed by atoms with Crippen LogP contribution in [0.5, 0.6) is 0 Å². The molecule has 1 aromatic carbocycles. The number of carbonyl (C=O) groups is 1. The third-order valence-corrected chi connectivity index (χ3v) is 2.84. The maximum absolute atomic E-state index is 11.4. The van der Waals surface area contributed by atoms with Crippen LogP contribution in [0, 0.1) is 6.92 Å². The average Bonchev–Trinajstić information content (AvgIpc) is 2.19. The number of rotatable bonds is 4. The lowest BCUT2D eigenvalue weighted by molar-refractivity contribution is -0.113. The van der Waals surface area contributed by atoms with Crippen molar-refractivity contribution in [3.05, 3.63) is 23.8 Å². The van der Waals surface area contributed by atoms with Crippen LogP contribution in [0.3, 0.4) is 0 Å². The number of nitrogens with one attached hydrogen (secondary N) is 1. The van der Waals surface area contributed by atoms with Gasteiger partial charge in [-0.3, -0.25) is 4.79 Å². The molecule has 4 heteroatoms. The number of aryl methyl sites for hydroxylation is 1. The summed E-state index contributed by atoms with van der Waals surface area (Å²) in [5.74, 6) is 1.49. The summed E-state index contributed by atoms with van der Waals surface area (Å²) in [5.41, 5.74) is 8.17. The molecule has 0 unspecified atom stereocenters. The first-order valence-electron chi connectivity index (χ1n) is 4.87. The number of nitrogens with two attached hydrogens (primary N) is 1. The van der Waals surface area contributed by atoms with Gasteiger partial charge in [0.15, 0.2) is 0 Å². The second-order valence-electron chi connectivity index (χ2n) is 3.26. The van der Waals surface area contributed by atoms with Gasteiger partial charge in [-0.15, -0.1) is 0 Å². The topological polar surface area (TPSA) is 55.1 Å². The summed E-state index contributed by atoms with van der Waals surface area (Å²) in [6, 6.07) is 5.47. The third-order valence-electron chi connectivity index (χ3n) is 1.96. The summed E-state index contributed by atoms with van der Waals surface area (Å²) in [6.07, 6.45) is 0. The molecule has 0 aromatic heterocycles. The zero-order valence-electron chi connectivity index (χ0n) is 9.04. The number of amides is 1. The zero-order valence-corrected chi connectivity index (χ0v) is 9.86. The van der Waals surface area contributed by atoms with Crippen LogP contribution < -0.4 is 11.1 Å². The normalized spacial score (nSPS) is 10.0. The lowest BCUT2D eigenvalue weighted by atomic mass is 10.2. The van der Waals surface area contributed by atoms with Gasteiger partial charge < -0.3 is 11.1 Å². The first-order valence-corrected chi connectivity index (χ1v) is 6.02. The highest BCUT2D eigenvalue weighted by molar-refractivity contribution is 7.99. The summed E-state index contributed by atoms with van der Waals surface area (Å²) in [7, 11) is 0. The van der Waals surface area contributed by atoms with Crippen LogP contribution in [0.1, 0.15) is 12.5 Å². The number of nitrogen functional groups attached to an aromatic ring is 1. The number of hydrogen-bond acceptors (Lipinski definition) is 3. The van der Waals surface area contributed by atoms with Crippen LogP contribution in [0.25, 0.3) is 0 Å². The maximum Gasteiger partial charge on any atom is 0.234 e. The molecule has 3 N–H and O–H groups in total. The lowest BCUT2D eigenvalue weighted by Gasteiger charge is -2.08. The van der Waals surface area contributed by atoms with Crippen LogP contribution in [-0.2, 0) is 4.79 Å². The molecule has 82 valence electrons. The molecule has 15 heavy (non-hydrogen) atoms. The minimum Gasteiger partial charge on any atom is -0.399 e. The van der Waals surface area contributed by atoms with Gasteiger partial charge in [0.2, 0.25) is 5.91 Å². The summed E-state index contributed by atoms with van der Waals surface area (Å²) < 4.78 is 0. The number of hydrogen-bond donors (Lipinski definition) is 2. The van der Waals surface area contributed by atoms with Gasteiger partial charge in [0.25, 0.3) is 0 Å². The molecule has 1 rings (SSSR count). The van der Waals surface area contributed by atoms with Crippen molar-refractivity contribution in [2.24, 2.45) is 0 Å². The molecule has 0 radical (unpaired) electrons. The second kappa shape index (κ2) is 5.66. The van der Waals surface area contributed by atoms with Gasteiger partial charge in [-0.25, -0.2) is 0 Å². The van der Waals surface area contributed by atoms with E-state index in [0.717, 1.165) is 17.0 Å². The Morgan fingerprint density at radius 1 is 1.53 bits per heavy atom. The number of thioether (sulfide) groups is 1. The van der Waals surface area contributed by atoms with E-state index >= 15 is 0 Å². The fourth-order valence-electron chi connectivity index (χ4n) is 1.21. The van der Waals surface area contributed by atoms with Gasteiger partial charge in [0, 0.05) is 11.4 Å². The Morgan fingerprint density at radius 2 is 2.27 bits per heavy atom. The van der Waals surface area contributed by atoms with Crippen molar-refractivity contribution in [1.82, 2.24) is 0 Å². The maximum atomic E-state index is 11.4. The summed E-state index contributed by atoms with van der Waals surface area (Å²) in [6.45, 7) is 3.96. The van der Waals surface area contributed by atoms with Gasteiger partial charge in [-0.05, 0) is 36.4 Å².